The monoisotopic (exact) mass is 299 g/mol. The van der Waals surface area contributed by atoms with E-state index in [9.17, 15) is 9.59 Å². The van der Waals surface area contributed by atoms with Crippen LogP contribution in [0.2, 0.25) is 0 Å². The number of aliphatic carboxylic acids is 1. The Morgan fingerprint density at radius 2 is 1.76 bits per heavy atom. The Labute approximate surface area is 127 Å². The van der Waals surface area contributed by atoms with Crippen molar-refractivity contribution >= 4 is 12.0 Å². The molecule has 0 aromatic carbocycles. The van der Waals surface area contributed by atoms with Crippen LogP contribution in [0, 0.1) is 0 Å². The number of piperazine rings is 1. The Morgan fingerprint density at radius 1 is 1.14 bits per heavy atom. The first-order chi connectivity index (χ1) is 9.95. The second kappa shape index (κ2) is 8.87. The van der Waals surface area contributed by atoms with Gasteiger partial charge in [0.25, 0.3) is 0 Å². The fourth-order valence-electron chi connectivity index (χ4n) is 2.54. The minimum Gasteiger partial charge on any atom is -0.480 e. The molecule has 1 fully saturated rings. The number of nitrogens with one attached hydrogen (secondary N) is 1. The topological polar surface area (TPSA) is 72.9 Å². The van der Waals surface area contributed by atoms with Gasteiger partial charge in [-0.15, -0.1) is 0 Å². The SMILES string of the molecule is CCCCCC(C)NC(=O)N1CCN(C(C)C(=O)O)CC1. The van der Waals surface area contributed by atoms with Gasteiger partial charge in [-0.1, -0.05) is 26.2 Å². The number of hydrogen-bond acceptors (Lipinski definition) is 3. The van der Waals surface area contributed by atoms with Gasteiger partial charge in [-0.3, -0.25) is 9.69 Å². The van der Waals surface area contributed by atoms with Crippen molar-refractivity contribution in [3.05, 3.63) is 0 Å². The largest absolute Gasteiger partial charge is 0.480 e. The van der Waals surface area contributed by atoms with Crippen LogP contribution in [0.25, 0.3) is 0 Å². The van der Waals surface area contributed by atoms with Crippen LogP contribution >= 0.6 is 0 Å². The second-order valence-corrected chi connectivity index (χ2v) is 5.88. The average Bonchev–Trinajstić information content (AvgIpc) is 2.46. The molecular weight excluding hydrogens is 270 g/mol. The van der Waals surface area contributed by atoms with E-state index in [1.54, 1.807) is 11.8 Å². The number of carboxylic acids is 1. The molecule has 0 aliphatic carbocycles. The molecule has 6 heteroatoms. The molecule has 2 N–H and O–H groups in total. The summed E-state index contributed by atoms with van der Waals surface area (Å²) in [5.74, 6) is -0.808. The third-order valence-corrected chi connectivity index (χ3v) is 4.12. The first-order valence-electron chi connectivity index (χ1n) is 7.98. The number of carbonyl (C=O) groups excluding carboxylic acids is 1. The van der Waals surface area contributed by atoms with E-state index >= 15 is 0 Å². The summed E-state index contributed by atoms with van der Waals surface area (Å²) in [4.78, 5) is 26.8. The van der Waals surface area contributed by atoms with E-state index in [0.717, 1.165) is 12.8 Å². The van der Waals surface area contributed by atoms with Crippen LogP contribution in [-0.4, -0.2) is 65.2 Å². The lowest BCUT2D eigenvalue weighted by atomic mass is 10.1. The van der Waals surface area contributed by atoms with Crippen molar-refractivity contribution in [3.8, 4) is 0 Å². The van der Waals surface area contributed by atoms with Gasteiger partial charge in [0.1, 0.15) is 6.04 Å². The van der Waals surface area contributed by atoms with Crippen molar-refractivity contribution < 1.29 is 14.7 Å². The molecule has 1 saturated heterocycles. The fraction of sp³-hybridized carbons (Fsp3) is 0.867. The number of rotatable bonds is 7. The van der Waals surface area contributed by atoms with E-state index in [4.69, 9.17) is 5.11 Å². The minimum atomic E-state index is -0.808. The normalized spacial score (nSPS) is 19.1. The lowest BCUT2D eigenvalue weighted by Crippen LogP contribution is -2.55. The highest BCUT2D eigenvalue weighted by Crippen LogP contribution is 2.08. The number of carbonyl (C=O) groups is 2. The van der Waals surface area contributed by atoms with Crippen molar-refractivity contribution in [2.45, 2.75) is 58.5 Å². The first kappa shape index (κ1) is 17.8. The van der Waals surface area contributed by atoms with E-state index < -0.39 is 12.0 Å². The van der Waals surface area contributed by atoms with Crippen LogP contribution in [-0.2, 0) is 4.79 Å². The fourth-order valence-corrected chi connectivity index (χ4v) is 2.54. The van der Waals surface area contributed by atoms with Gasteiger partial charge in [0.2, 0.25) is 0 Å². The maximum Gasteiger partial charge on any atom is 0.320 e. The molecule has 2 amide bonds. The first-order valence-corrected chi connectivity index (χ1v) is 7.98. The van der Waals surface area contributed by atoms with Gasteiger partial charge in [0.15, 0.2) is 0 Å². The zero-order valence-corrected chi connectivity index (χ0v) is 13.5. The molecule has 0 aromatic heterocycles. The highest BCUT2D eigenvalue weighted by atomic mass is 16.4. The number of hydrogen-bond donors (Lipinski definition) is 2. The molecule has 0 aromatic rings. The zero-order valence-electron chi connectivity index (χ0n) is 13.5. The second-order valence-electron chi connectivity index (χ2n) is 5.88. The Bertz CT molecular complexity index is 341. The summed E-state index contributed by atoms with van der Waals surface area (Å²) in [5.41, 5.74) is 0. The Hall–Kier alpha value is -1.30. The molecule has 1 rings (SSSR count). The molecule has 1 aliphatic rings. The van der Waals surface area contributed by atoms with Gasteiger partial charge < -0.3 is 15.3 Å². The predicted molar refractivity (Wildman–Crippen MR) is 82.4 cm³/mol. The number of nitrogens with zero attached hydrogens (tertiary/aromatic N) is 2. The summed E-state index contributed by atoms with van der Waals surface area (Å²) >= 11 is 0. The van der Waals surface area contributed by atoms with E-state index in [2.05, 4.69) is 12.2 Å². The molecule has 0 radical (unpaired) electrons. The Morgan fingerprint density at radius 3 is 2.29 bits per heavy atom. The Kier molecular flexibility index (Phi) is 7.50. The van der Waals surface area contributed by atoms with Gasteiger partial charge in [-0.2, -0.15) is 0 Å². The summed E-state index contributed by atoms with van der Waals surface area (Å²) in [6.45, 7) is 8.30. The predicted octanol–water partition coefficient (Wildman–Crippen LogP) is 1.76. The molecule has 1 aliphatic heterocycles. The minimum absolute atomic E-state index is 0.0263. The molecule has 2 atom stereocenters. The number of carboxylic acid groups (broad SMARTS) is 1. The van der Waals surface area contributed by atoms with E-state index in [0.29, 0.717) is 26.2 Å². The van der Waals surface area contributed by atoms with Crippen molar-refractivity contribution in [3.63, 3.8) is 0 Å². The summed E-state index contributed by atoms with van der Waals surface area (Å²) in [7, 11) is 0. The van der Waals surface area contributed by atoms with Crippen LogP contribution in [0.15, 0.2) is 0 Å². The molecule has 0 saturated carbocycles. The highest BCUT2D eigenvalue weighted by Gasteiger charge is 2.27. The smallest absolute Gasteiger partial charge is 0.320 e. The average molecular weight is 299 g/mol. The third kappa shape index (κ3) is 5.91. The van der Waals surface area contributed by atoms with E-state index in [-0.39, 0.29) is 12.1 Å². The van der Waals surface area contributed by atoms with E-state index in [1.165, 1.54) is 12.8 Å². The Balaban J connectivity index is 2.30. The van der Waals surface area contributed by atoms with Gasteiger partial charge in [-0.25, -0.2) is 4.79 Å². The van der Waals surface area contributed by atoms with Gasteiger partial charge in [0, 0.05) is 32.2 Å². The highest BCUT2D eigenvalue weighted by molar-refractivity contribution is 5.75. The van der Waals surface area contributed by atoms with Crippen molar-refractivity contribution in [1.29, 1.82) is 0 Å². The summed E-state index contributed by atoms with van der Waals surface area (Å²) in [5, 5.41) is 12.0. The molecular formula is C15H29N3O3. The summed E-state index contributed by atoms with van der Waals surface area (Å²) in [6.07, 6.45) is 4.54. The van der Waals surface area contributed by atoms with Crippen LogP contribution < -0.4 is 5.32 Å². The van der Waals surface area contributed by atoms with Crippen LogP contribution in [0.3, 0.4) is 0 Å². The van der Waals surface area contributed by atoms with Crippen LogP contribution in [0.5, 0.6) is 0 Å². The standard InChI is InChI=1S/C15H29N3O3/c1-4-5-6-7-12(2)16-15(21)18-10-8-17(9-11-18)13(3)14(19)20/h12-13H,4-11H2,1-3H3,(H,16,21)(H,19,20). The van der Waals surface area contributed by atoms with Gasteiger partial charge in [-0.05, 0) is 20.3 Å². The molecule has 0 spiro atoms. The maximum atomic E-state index is 12.1. The lowest BCUT2D eigenvalue weighted by molar-refractivity contribution is -0.143. The molecule has 0 bridgehead atoms. The van der Waals surface area contributed by atoms with Crippen molar-refractivity contribution in [2.75, 3.05) is 26.2 Å². The van der Waals surface area contributed by atoms with Crippen LogP contribution in [0.1, 0.15) is 46.5 Å². The molecule has 1 heterocycles. The lowest BCUT2D eigenvalue weighted by Gasteiger charge is -2.37. The molecule has 2 unspecified atom stereocenters. The number of amides is 2. The van der Waals surface area contributed by atoms with Crippen molar-refractivity contribution in [2.24, 2.45) is 0 Å². The maximum absolute atomic E-state index is 12.1. The van der Waals surface area contributed by atoms with E-state index in [1.807, 2.05) is 11.8 Å². The summed E-state index contributed by atoms with van der Waals surface area (Å²) < 4.78 is 0. The molecule has 21 heavy (non-hydrogen) atoms. The van der Waals surface area contributed by atoms with Gasteiger partial charge >= 0.3 is 12.0 Å². The van der Waals surface area contributed by atoms with Crippen molar-refractivity contribution in [1.82, 2.24) is 15.1 Å². The van der Waals surface area contributed by atoms with Gasteiger partial charge in [0.05, 0.1) is 0 Å². The summed E-state index contributed by atoms with van der Waals surface area (Å²) in [6, 6.07) is -0.315. The number of unbranched alkanes of at least 4 members (excludes halogenated alkanes) is 2. The van der Waals surface area contributed by atoms with Crippen LogP contribution in [0.4, 0.5) is 4.79 Å². The molecule has 6 nitrogen and oxygen atoms in total. The molecule has 122 valence electrons. The zero-order chi connectivity index (χ0) is 15.8. The third-order valence-electron chi connectivity index (χ3n) is 4.12. The number of urea groups is 1. The quantitative estimate of drug-likeness (QED) is 0.703.